The first-order valence-corrected chi connectivity index (χ1v) is 6.91. The summed E-state index contributed by atoms with van der Waals surface area (Å²) in [6.45, 7) is 4.45. The predicted octanol–water partition coefficient (Wildman–Crippen LogP) is 2.51. The van der Waals surface area contributed by atoms with Crippen LogP contribution in [0.2, 0.25) is 0 Å². The summed E-state index contributed by atoms with van der Waals surface area (Å²) in [5.41, 5.74) is 0. The van der Waals surface area contributed by atoms with Gasteiger partial charge in [0.2, 0.25) is 0 Å². The maximum absolute atomic E-state index is 11.1. The van der Waals surface area contributed by atoms with Crippen LogP contribution in [0.5, 0.6) is 0 Å². The van der Waals surface area contributed by atoms with Crippen LogP contribution in [-0.4, -0.2) is 31.1 Å². The molecule has 7 heteroatoms. The van der Waals surface area contributed by atoms with Gasteiger partial charge < -0.3 is 9.52 Å². The number of carboxylic acids is 1. The largest absolute Gasteiger partial charge is 0.480 e. The monoisotopic (exact) mass is 281 g/mol. The van der Waals surface area contributed by atoms with E-state index < -0.39 is 11.2 Å². The summed E-state index contributed by atoms with van der Waals surface area (Å²) >= 11 is 1.21. The zero-order valence-corrected chi connectivity index (χ0v) is 11.6. The zero-order chi connectivity index (χ0) is 13.8. The van der Waals surface area contributed by atoms with Gasteiger partial charge in [0.15, 0.2) is 16.7 Å². The first-order valence-electron chi connectivity index (χ1n) is 6.03. The Labute approximate surface area is 114 Å². The number of furan rings is 1. The van der Waals surface area contributed by atoms with Crippen LogP contribution < -0.4 is 0 Å². The van der Waals surface area contributed by atoms with E-state index in [1.54, 1.807) is 18.4 Å². The smallest absolute Gasteiger partial charge is 0.317 e. The molecule has 1 N–H and O–H groups in total. The number of carboxylic acid groups (broad SMARTS) is 1. The number of nitrogens with zero attached hydrogens (tertiary/aromatic N) is 3. The third-order valence-electron chi connectivity index (χ3n) is 2.67. The van der Waals surface area contributed by atoms with Crippen LogP contribution in [-0.2, 0) is 11.3 Å². The van der Waals surface area contributed by atoms with E-state index in [0.717, 1.165) is 0 Å². The summed E-state index contributed by atoms with van der Waals surface area (Å²) in [5.74, 6) is 0.414. The van der Waals surface area contributed by atoms with Crippen molar-refractivity contribution in [2.24, 2.45) is 0 Å². The van der Waals surface area contributed by atoms with Crippen LogP contribution in [0.15, 0.2) is 28.0 Å². The van der Waals surface area contributed by atoms with Gasteiger partial charge in [-0.2, -0.15) is 0 Å². The Kier molecular flexibility index (Phi) is 4.26. The molecule has 102 valence electrons. The van der Waals surface area contributed by atoms with Crippen molar-refractivity contribution in [1.82, 2.24) is 14.8 Å². The minimum absolute atomic E-state index is 0.515. The molecule has 2 heterocycles. The summed E-state index contributed by atoms with van der Waals surface area (Å²) in [6, 6.07) is 3.59. The lowest BCUT2D eigenvalue weighted by Crippen LogP contribution is -2.16. The minimum Gasteiger partial charge on any atom is -0.480 e. The Morgan fingerprint density at radius 3 is 2.84 bits per heavy atom. The molecular weight excluding hydrogens is 266 g/mol. The van der Waals surface area contributed by atoms with Crippen molar-refractivity contribution >= 4 is 17.7 Å². The molecule has 0 aliphatic heterocycles. The highest BCUT2D eigenvalue weighted by Crippen LogP contribution is 2.28. The first-order chi connectivity index (χ1) is 9.17. The van der Waals surface area contributed by atoms with Gasteiger partial charge in [0.1, 0.15) is 5.25 Å². The van der Waals surface area contributed by atoms with E-state index >= 15 is 0 Å². The Balaban J connectivity index is 2.30. The molecule has 0 aliphatic rings. The highest BCUT2D eigenvalue weighted by atomic mass is 32.2. The van der Waals surface area contributed by atoms with Crippen molar-refractivity contribution in [2.75, 3.05) is 0 Å². The van der Waals surface area contributed by atoms with Gasteiger partial charge in [-0.25, -0.2) is 0 Å². The van der Waals surface area contributed by atoms with Crippen LogP contribution in [0, 0.1) is 0 Å². The summed E-state index contributed by atoms with van der Waals surface area (Å²) in [4.78, 5) is 11.1. The molecule has 0 fully saturated rings. The molecule has 0 spiro atoms. The molecule has 2 rings (SSSR count). The van der Waals surface area contributed by atoms with Crippen LogP contribution in [0.1, 0.15) is 20.3 Å². The SMILES string of the molecule is CCC(Sc1nnc(-c2ccco2)n1CC)C(=O)O. The lowest BCUT2D eigenvalue weighted by atomic mass is 10.3. The van der Waals surface area contributed by atoms with E-state index in [9.17, 15) is 4.79 Å². The summed E-state index contributed by atoms with van der Waals surface area (Å²) in [5, 5.41) is 17.3. The quantitative estimate of drug-likeness (QED) is 0.819. The fraction of sp³-hybridized carbons (Fsp3) is 0.417. The number of aliphatic carboxylic acids is 1. The molecule has 19 heavy (non-hydrogen) atoms. The fourth-order valence-corrected chi connectivity index (χ4v) is 2.64. The van der Waals surface area contributed by atoms with Gasteiger partial charge >= 0.3 is 5.97 Å². The molecule has 0 saturated carbocycles. The van der Waals surface area contributed by atoms with Crippen molar-refractivity contribution < 1.29 is 14.3 Å². The number of thioether (sulfide) groups is 1. The van der Waals surface area contributed by atoms with Crippen LogP contribution in [0.3, 0.4) is 0 Å². The molecule has 1 unspecified atom stereocenters. The van der Waals surface area contributed by atoms with E-state index in [2.05, 4.69) is 10.2 Å². The molecule has 6 nitrogen and oxygen atoms in total. The van der Waals surface area contributed by atoms with E-state index in [1.165, 1.54) is 11.8 Å². The molecule has 0 aliphatic carbocycles. The van der Waals surface area contributed by atoms with E-state index in [-0.39, 0.29) is 0 Å². The van der Waals surface area contributed by atoms with Crippen LogP contribution >= 0.6 is 11.8 Å². The molecule has 1 atom stereocenters. The number of hydrogen-bond donors (Lipinski definition) is 1. The first kappa shape index (κ1) is 13.7. The average molecular weight is 281 g/mol. The molecule has 0 amide bonds. The summed E-state index contributed by atoms with van der Waals surface area (Å²) in [7, 11) is 0. The maximum Gasteiger partial charge on any atom is 0.317 e. The Morgan fingerprint density at radius 2 is 2.32 bits per heavy atom. The second-order valence-corrected chi connectivity index (χ2v) is 5.05. The van der Waals surface area contributed by atoms with Crippen molar-refractivity contribution in [1.29, 1.82) is 0 Å². The molecule has 0 saturated heterocycles. The molecule has 0 aromatic carbocycles. The fourth-order valence-electron chi connectivity index (χ4n) is 1.68. The second kappa shape index (κ2) is 5.92. The number of hydrogen-bond acceptors (Lipinski definition) is 5. The third kappa shape index (κ3) is 2.81. The molecule has 2 aromatic heterocycles. The van der Waals surface area contributed by atoms with Gasteiger partial charge in [0.25, 0.3) is 0 Å². The standard InChI is InChI=1S/C12H15N3O3S/c1-3-9(11(16)17)19-12-14-13-10(15(12)4-2)8-6-5-7-18-8/h5-7,9H,3-4H2,1-2H3,(H,16,17). The summed E-state index contributed by atoms with van der Waals surface area (Å²) < 4.78 is 7.16. The lowest BCUT2D eigenvalue weighted by Gasteiger charge is -2.10. The highest BCUT2D eigenvalue weighted by molar-refractivity contribution is 8.00. The van der Waals surface area contributed by atoms with Gasteiger partial charge in [0, 0.05) is 6.54 Å². The van der Waals surface area contributed by atoms with Gasteiger partial charge in [-0.1, -0.05) is 18.7 Å². The zero-order valence-electron chi connectivity index (χ0n) is 10.7. The van der Waals surface area contributed by atoms with Crippen LogP contribution in [0.4, 0.5) is 0 Å². The molecular formula is C12H15N3O3S. The van der Waals surface area contributed by atoms with Crippen molar-refractivity contribution in [3.63, 3.8) is 0 Å². The van der Waals surface area contributed by atoms with E-state index in [0.29, 0.717) is 29.7 Å². The lowest BCUT2D eigenvalue weighted by molar-refractivity contribution is -0.136. The van der Waals surface area contributed by atoms with E-state index in [4.69, 9.17) is 9.52 Å². The van der Waals surface area contributed by atoms with Crippen LogP contribution in [0.25, 0.3) is 11.6 Å². The number of rotatable bonds is 6. The Morgan fingerprint density at radius 1 is 1.53 bits per heavy atom. The van der Waals surface area contributed by atoms with Gasteiger partial charge in [0.05, 0.1) is 6.26 Å². The average Bonchev–Trinajstić information content (AvgIpc) is 3.03. The maximum atomic E-state index is 11.1. The molecule has 0 bridgehead atoms. The molecule has 0 radical (unpaired) electrons. The highest BCUT2D eigenvalue weighted by Gasteiger charge is 2.22. The summed E-state index contributed by atoms with van der Waals surface area (Å²) in [6.07, 6.45) is 2.11. The van der Waals surface area contributed by atoms with Crippen molar-refractivity contribution in [3.05, 3.63) is 18.4 Å². The van der Waals surface area contributed by atoms with Crippen molar-refractivity contribution in [3.8, 4) is 11.6 Å². The predicted molar refractivity (Wildman–Crippen MR) is 71.0 cm³/mol. The second-order valence-electron chi connectivity index (χ2n) is 3.88. The van der Waals surface area contributed by atoms with Gasteiger partial charge in [-0.05, 0) is 25.5 Å². The minimum atomic E-state index is -0.835. The van der Waals surface area contributed by atoms with Crippen molar-refractivity contribution in [2.45, 2.75) is 37.2 Å². The third-order valence-corrected chi connectivity index (χ3v) is 4.00. The van der Waals surface area contributed by atoms with Gasteiger partial charge in [-0.15, -0.1) is 10.2 Å². The van der Waals surface area contributed by atoms with E-state index in [1.807, 2.05) is 18.4 Å². The normalized spacial score (nSPS) is 12.5. The number of aromatic nitrogens is 3. The Hall–Kier alpha value is -1.76. The molecule has 2 aromatic rings. The van der Waals surface area contributed by atoms with Gasteiger partial charge in [-0.3, -0.25) is 9.36 Å². The number of carbonyl (C=O) groups is 1. The Bertz CT molecular complexity index is 551. The topological polar surface area (TPSA) is 81.2 Å².